The summed E-state index contributed by atoms with van der Waals surface area (Å²) in [6, 6.07) is 41.8. The van der Waals surface area contributed by atoms with Crippen molar-refractivity contribution >= 4 is 161 Å². The van der Waals surface area contributed by atoms with Crippen LogP contribution in [0.3, 0.4) is 0 Å². The molecule has 1 nitrogen and oxygen atoms in total. The summed E-state index contributed by atoms with van der Waals surface area (Å²) in [5.41, 5.74) is 13.0. The van der Waals surface area contributed by atoms with Gasteiger partial charge < -0.3 is 4.42 Å². The number of fused-ring (bicyclic) bond motifs is 10. The van der Waals surface area contributed by atoms with Gasteiger partial charge in [-0.2, -0.15) is 0 Å². The van der Waals surface area contributed by atoms with Crippen molar-refractivity contribution in [2.75, 3.05) is 0 Å². The van der Waals surface area contributed by atoms with Gasteiger partial charge in [0.2, 0.25) is 0 Å². The van der Waals surface area contributed by atoms with Crippen molar-refractivity contribution in [1.29, 1.82) is 0 Å². The predicted molar refractivity (Wildman–Crippen MR) is 263 cm³/mol. The number of hydrogen-bond donors (Lipinski definition) is 0. The molecule has 10 aromatic rings. The first kappa shape index (κ1) is 37.1. The average molecular weight is 741 g/mol. The van der Waals surface area contributed by atoms with E-state index in [1.165, 1.54) is 22.3 Å². The van der Waals surface area contributed by atoms with E-state index in [0.29, 0.717) is 32.7 Å². The quantitative estimate of drug-likeness (QED) is 0.189. The molecule has 1 heterocycles. The van der Waals surface area contributed by atoms with Crippen molar-refractivity contribution in [3.05, 3.63) is 132 Å². The summed E-state index contributed by atoms with van der Waals surface area (Å²) >= 11 is 0. The molecular weight excluding hydrogens is 715 g/mol. The third kappa shape index (κ3) is 4.93. The highest BCUT2D eigenvalue weighted by molar-refractivity contribution is 6.71. The Morgan fingerprint density at radius 2 is 0.917 bits per heavy atom. The lowest BCUT2D eigenvalue weighted by molar-refractivity contribution is 0.660. The SMILES string of the molecule is [B]c1c([B])c([B])c2c(-c3ccc4oc5c6ccccc6ccc5c4c3)c3c([B])c([B])c([B])c([B])c3c(-c3cccc(-c4cccc5c4-c4ccccc4C5(C)C)c3)c2c1[B]. The van der Waals surface area contributed by atoms with E-state index in [4.69, 9.17) is 67.2 Å². The lowest BCUT2D eigenvalue weighted by atomic mass is 9.59. The van der Waals surface area contributed by atoms with Crippen LogP contribution in [0.25, 0.3) is 98.8 Å². The summed E-state index contributed by atoms with van der Waals surface area (Å²) < 4.78 is 6.51. The molecule has 0 spiro atoms. The first-order valence-corrected chi connectivity index (χ1v) is 19.8. The molecule has 0 amide bonds. The molecule has 0 atom stereocenters. The number of benzene rings is 9. The van der Waals surface area contributed by atoms with Crippen molar-refractivity contribution in [2.45, 2.75) is 19.3 Å². The molecule has 0 saturated carbocycles. The molecule has 60 heavy (non-hydrogen) atoms. The van der Waals surface area contributed by atoms with E-state index in [0.717, 1.165) is 55.0 Å². The molecule has 11 rings (SSSR count). The second-order valence-corrected chi connectivity index (χ2v) is 16.5. The Labute approximate surface area is 359 Å². The van der Waals surface area contributed by atoms with Gasteiger partial charge in [0.05, 0.1) is 0 Å². The Bertz CT molecular complexity index is 3480. The topological polar surface area (TPSA) is 13.1 Å². The average Bonchev–Trinajstić information content (AvgIpc) is 3.76. The van der Waals surface area contributed by atoms with Gasteiger partial charge in [-0.1, -0.05) is 133 Å². The van der Waals surface area contributed by atoms with Crippen LogP contribution in [0.15, 0.2) is 126 Å². The summed E-state index contributed by atoms with van der Waals surface area (Å²) in [4.78, 5) is 0. The molecule has 260 valence electrons. The molecule has 1 aliphatic carbocycles. The van der Waals surface area contributed by atoms with Gasteiger partial charge in [-0.05, 0) is 107 Å². The van der Waals surface area contributed by atoms with E-state index in [2.05, 4.69) is 98.8 Å². The van der Waals surface area contributed by atoms with Crippen LogP contribution in [0.2, 0.25) is 0 Å². The summed E-state index contributed by atoms with van der Waals surface area (Å²) in [6.07, 6.45) is 0. The maximum absolute atomic E-state index is 7.12. The third-order valence-corrected chi connectivity index (χ3v) is 13.0. The first-order valence-electron chi connectivity index (χ1n) is 19.8. The van der Waals surface area contributed by atoms with Gasteiger partial charge in [0.1, 0.15) is 73.9 Å². The van der Waals surface area contributed by atoms with Crippen LogP contribution in [0.4, 0.5) is 0 Å². The number of furan rings is 1. The van der Waals surface area contributed by atoms with Crippen LogP contribution in [0.1, 0.15) is 25.0 Å². The maximum atomic E-state index is 7.12. The van der Waals surface area contributed by atoms with Gasteiger partial charge >= 0.3 is 0 Å². The summed E-state index contributed by atoms with van der Waals surface area (Å²) in [6.45, 7) is 4.55. The Kier molecular flexibility index (Phi) is 8.06. The molecule has 0 bridgehead atoms. The molecule has 0 aliphatic heterocycles. The van der Waals surface area contributed by atoms with Crippen LogP contribution in [0, 0.1) is 0 Å². The minimum absolute atomic E-state index is 0.165. The minimum Gasteiger partial charge on any atom is -0.455 e. The van der Waals surface area contributed by atoms with Gasteiger partial charge in [0.15, 0.2) is 0 Å². The number of hydrogen-bond acceptors (Lipinski definition) is 1. The normalized spacial score (nSPS) is 13.2. The van der Waals surface area contributed by atoms with Gasteiger partial charge in [-0.15, -0.1) is 21.9 Å². The zero-order valence-electron chi connectivity index (χ0n) is 33.1. The standard InChI is InChI=1S/C51H26B8O/c1-51(2)32-15-6-5-13-30(32)37-27(14-8-16-33(37)51)24-10-7-11-25(21-24)35-38-40(44(54)48(58)46(56)42(38)52)36(41-39(35)43(53)47(57)49(59)45(41)55)26-18-20-34-31(22-26)29-19-17-23-9-3-4-12-28(23)50(29)60-34/h3-22H,1-2H3. The first-order chi connectivity index (χ1) is 28.9. The molecule has 0 fully saturated rings. The molecule has 1 aromatic heterocycles. The Morgan fingerprint density at radius 3 is 1.58 bits per heavy atom. The van der Waals surface area contributed by atoms with E-state index in [-0.39, 0.29) is 49.1 Å². The highest BCUT2D eigenvalue weighted by atomic mass is 16.3. The zero-order valence-corrected chi connectivity index (χ0v) is 33.1. The van der Waals surface area contributed by atoms with Crippen molar-refractivity contribution < 1.29 is 4.42 Å². The Hall–Kier alpha value is -5.92. The molecule has 0 saturated heterocycles. The molecule has 9 aromatic carbocycles. The van der Waals surface area contributed by atoms with Crippen LogP contribution >= 0.6 is 0 Å². The third-order valence-electron chi connectivity index (χ3n) is 13.0. The molecule has 0 unspecified atom stereocenters. The summed E-state index contributed by atoms with van der Waals surface area (Å²) in [5.74, 6) is 0. The fourth-order valence-corrected chi connectivity index (χ4v) is 10.0. The summed E-state index contributed by atoms with van der Waals surface area (Å²) in [7, 11) is 55.4. The number of rotatable bonds is 3. The van der Waals surface area contributed by atoms with E-state index >= 15 is 0 Å². The molecular formula is C51H26B8O. The smallest absolute Gasteiger partial charge is 0.143 e. The highest BCUT2D eigenvalue weighted by Gasteiger charge is 2.36. The lowest BCUT2D eigenvalue weighted by Gasteiger charge is -2.28. The van der Waals surface area contributed by atoms with Crippen molar-refractivity contribution in [1.82, 2.24) is 0 Å². The minimum atomic E-state index is -0.172. The zero-order chi connectivity index (χ0) is 41.5. The van der Waals surface area contributed by atoms with Gasteiger partial charge in [-0.3, -0.25) is 0 Å². The lowest BCUT2D eigenvalue weighted by Crippen LogP contribution is -2.50. The van der Waals surface area contributed by atoms with E-state index < -0.39 is 0 Å². The van der Waals surface area contributed by atoms with Gasteiger partial charge in [0, 0.05) is 21.6 Å². The van der Waals surface area contributed by atoms with Crippen molar-refractivity contribution in [2.24, 2.45) is 0 Å². The molecule has 9 heteroatoms. The summed E-state index contributed by atoms with van der Waals surface area (Å²) in [5, 5.41) is 6.23. The maximum Gasteiger partial charge on any atom is 0.143 e. The Morgan fingerprint density at radius 1 is 0.383 bits per heavy atom. The second-order valence-electron chi connectivity index (χ2n) is 16.5. The van der Waals surface area contributed by atoms with Crippen LogP contribution in [0.5, 0.6) is 0 Å². The van der Waals surface area contributed by atoms with Crippen molar-refractivity contribution in [3.63, 3.8) is 0 Å². The second kappa shape index (κ2) is 13.0. The fraction of sp³-hybridized carbons (Fsp3) is 0.0588. The molecule has 0 N–H and O–H groups in total. The van der Waals surface area contributed by atoms with Gasteiger partial charge in [0.25, 0.3) is 0 Å². The van der Waals surface area contributed by atoms with Crippen molar-refractivity contribution in [3.8, 4) is 44.5 Å². The molecule has 1 aliphatic rings. The van der Waals surface area contributed by atoms with E-state index in [1.807, 2.05) is 36.4 Å². The van der Waals surface area contributed by atoms with E-state index in [1.54, 1.807) is 0 Å². The van der Waals surface area contributed by atoms with Crippen LogP contribution in [-0.4, -0.2) is 62.8 Å². The predicted octanol–water partition coefficient (Wildman–Crippen LogP) is 4.70. The Balaban J connectivity index is 1.27. The van der Waals surface area contributed by atoms with Gasteiger partial charge in [-0.25, -0.2) is 0 Å². The molecule has 16 radical (unpaired) electrons. The van der Waals surface area contributed by atoms with Crippen LogP contribution < -0.4 is 43.7 Å². The van der Waals surface area contributed by atoms with E-state index in [9.17, 15) is 0 Å². The fourth-order valence-electron chi connectivity index (χ4n) is 10.0. The highest BCUT2D eigenvalue weighted by Crippen LogP contribution is 2.52. The van der Waals surface area contributed by atoms with Crippen LogP contribution in [-0.2, 0) is 5.41 Å². The monoisotopic (exact) mass is 742 g/mol. The largest absolute Gasteiger partial charge is 0.455 e.